The van der Waals surface area contributed by atoms with E-state index >= 15 is 0 Å². The molecule has 0 radical (unpaired) electrons. The topological polar surface area (TPSA) is 29.5 Å². The second kappa shape index (κ2) is 5.42. The highest BCUT2D eigenvalue weighted by Crippen LogP contribution is 2.29. The zero-order valence-electron chi connectivity index (χ0n) is 11.4. The van der Waals surface area contributed by atoms with Crippen LogP contribution < -0.4 is 4.90 Å². The zero-order chi connectivity index (χ0) is 13.1. The third kappa shape index (κ3) is 2.50. The molecule has 0 aliphatic carbocycles. The third-order valence-electron chi connectivity index (χ3n) is 3.37. The van der Waals surface area contributed by atoms with Gasteiger partial charge in [0.05, 0.1) is 12.2 Å². The highest BCUT2D eigenvalue weighted by Gasteiger charge is 2.20. The lowest BCUT2D eigenvalue weighted by Gasteiger charge is -2.34. The lowest BCUT2D eigenvalue weighted by molar-refractivity contribution is 0.0526. The molecular formula is C15H21NO2. The van der Waals surface area contributed by atoms with Crippen LogP contribution >= 0.6 is 0 Å². The molecule has 1 heterocycles. The van der Waals surface area contributed by atoms with Crippen molar-refractivity contribution in [3.05, 3.63) is 29.3 Å². The van der Waals surface area contributed by atoms with Crippen molar-refractivity contribution in [2.24, 2.45) is 0 Å². The summed E-state index contributed by atoms with van der Waals surface area (Å²) < 4.78 is 5.06. The summed E-state index contributed by atoms with van der Waals surface area (Å²) in [5.41, 5.74) is 3.19. The fourth-order valence-electron chi connectivity index (χ4n) is 2.48. The Morgan fingerprint density at radius 3 is 2.89 bits per heavy atom. The van der Waals surface area contributed by atoms with E-state index in [1.807, 2.05) is 19.1 Å². The summed E-state index contributed by atoms with van der Waals surface area (Å²) in [5.74, 6) is -0.227. The van der Waals surface area contributed by atoms with Crippen LogP contribution in [0.2, 0.25) is 0 Å². The summed E-state index contributed by atoms with van der Waals surface area (Å²) >= 11 is 0. The first-order chi connectivity index (χ1) is 8.63. The highest BCUT2D eigenvalue weighted by molar-refractivity contribution is 5.91. The predicted molar refractivity (Wildman–Crippen MR) is 73.2 cm³/mol. The summed E-state index contributed by atoms with van der Waals surface area (Å²) in [6, 6.07) is 6.38. The Balaban J connectivity index is 2.33. The van der Waals surface area contributed by atoms with Gasteiger partial charge in [-0.25, -0.2) is 4.79 Å². The fraction of sp³-hybridized carbons (Fsp3) is 0.533. The van der Waals surface area contributed by atoms with Gasteiger partial charge in [-0.1, -0.05) is 6.07 Å². The van der Waals surface area contributed by atoms with Crippen LogP contribution in [-0.4, -0.2) is 25.2 Å². The molecule has 0 saturated heterocycles. The molecule has 98 valence electrons. The van der Waals surface area contributed by atoms with Crippen LogP contribution in [0.25, 0.3) is 0 Å². The number of ether oxygens (including phenoxy) is 1. The molecule has 3 nitrogen and oxygen atoms in total. The maximum atomic E-state index is 11.8. The first-order valence-corrected chi connectivity index (χ1v) is 6.70. The number of fused-ring (bicyclic) bond motifs is 1. The number of esters is 1. The van der Waals surface area contributed by atoms with E-state index < -0.39 is 0 Å². The zero-order valence-corrected chi connectivity index (χ0v) is 11.4. The van der Waals surface area contributed by atoms with E-state index in [1.54, 1.807) is 0 Å². The van der Waals surface area contributed by atoms with Crippen LogP contribution in [-0.2, 0) is 11.2 Å². The van der Waals surface area contributed by atoms with Crippen molar-refractivity contribution in [2.75, 3.05) is 18.1 Å². The molecule has 0 fully saturated rings. The van der Waals surface area contributed by atoms with Gasteiger partial charge in [0.2, 0.25) is 0 Å². The lowest BCUT2D eigenvalue weighted by Crippen LogP contribution is -2.35. The SMILES string of the molecule is CCOC(=O)c1ccc2c(c1)N(C(C)C)CCC2. The van der Waals surface area contributed by atoms with Crippen molar-refractivity contribution in [2.45, 2.75) is 39.7 Å². The molecule has 2 rings (SSSR count). The van der Waals surface area contributed by atoms with E-state index in [4.69, 9.17) is 4.74 Å². The van der Waals surface area contributed by atoms with Gasteiger partial charge in [-0.3, -0.25) is 0 Å². The molecule has 3 heteroatoms. The molecule has 0 saturated carbocycles. The molecule has 0 aromatic heterocycles. The van der Waals surface area contributed by atoms with Crippen molar-refractivity contribution in [1.29, 1.82) is 0 Å². The van der Waals surface area contributed by atoms with Crippen LogP contribution in [0.1, 0.15) is 43.1 Å². The summed E-state index contributed by atoms with van der Waals surface area (Å²) in [6.07, 6.45) is 2.28. The van der Waals surface area contributed by atoms with E-state index in [1.165, 1.54) is 17.7 Å². The Bertz CT molecular complexity index is 440. The molecule has 1 aromatic carbocycles. The molecule has 0 amide bonds. The van der Waals surface area contributed by atoms with Gasteiger partial charge in [-0.15, -0.1) is 0 Å². The second-order valence-corrected chi connectivity index (χ2v) is 4.95. The van der Waals surface area contributed by atoms with Gasteiger partial charge in [0.25, 0.3) is 0 Å². The van der Waals surface area contributed by atoms with E-state index in [0.29, 0.717) is 18.2 Å². The minimum atomic E-state index is -0.227. The molecule has 1 aromatic rings. The summed E-state index contributed by atoms with van der Waals surface area (Å²) in [7, 11) is 0. The standard InChI is InChI=1S/C15H21NO2/c1-4-18-15(17)13-8-7-12-6-5-9-16(11(2)3)14(12)10-13/h7-8,10-11H,4-6,9H2,1-3H3. The monoisotopic (exact) mass is 247 g/mol. The first-order valence-electron chi connectivity index (χ1n) is 6.70. The fourth-order valence-corrected chi connectivity index (χ4v) is 2.48. The van der Waals surface area contributed by atoms with Crippen molar-refractivity contribution in [1.82, 2.24) is 0 Å². The molecule has 18 heavy (non-hydrogen) atoms. The van der Waals surface area contributed by atoms with Crippen LogP contribution in [0.3, 0.4) is 0 Å². The van der Waals surface area contributed by atoms with Crippen molar-refractivity contribution in [3.8, 4) is 0 Å². The number of benzene rings is 1. The largest absolute Gasteiger partial charge is 0.462 e. The maximum Gasteiger partial charge on any atom is 0.338 e. The molecule has 0 N–H and O–H groups in total. The van der Waals surface area contributed by atoms with Gasteiger partial charge in [0, 0.05) is 18.3 Å². The number of aryl methyl sites for hydroxylation is 1. The Morgan fingerprint density at radius 1 is 1.44 bits per heavy atom. The first kappa shape index (κ1) is 12.9. The number of rotatable bonds is 3. The molecule has 1 aliphatic heterocycles. The van der Waals surface area contributed by atoms with E-state index in [0.717, 1.165) is 13.0 Å². The van der Waals surface area contributed by atoms with Crippen LogP contribution in [0.5, 0.6) is 0 Å². The van der Waals surface area contributed by atoms with Crippen LogP contribution in [0.4, 0.5) is 5.69 Å². The van der Waals surface area contributed by atoms with Crippen molar-refractivity contribution < 1.29 is 9.53 Å². The quantitative estimate of drug-likeness (QED) is 0.769. The number of carbonyl (C=O) groups excluding carboxylic acids is 1. The van der Waals surface area contributed by atoms with Crippen molar-refractivity contribution >= 4 is 11.7 Å². The second-order valence-electron chi connectivity index (χ2n) is 4.95. The molecule has 0 atom stereocenters. The van der Waals surface area contributed by atoms with Gasteiger partial charge in [-0.2, -0.15) is 0 Å². The Kier molecular flexibility index (Phi) is 3.90. The van der Waals surface area contributed by atoms with Gasteiger partial charge < -0.3 is 9.64 Å². The molecule has 0 bridgehead atoms. The Labute approximate surface area is 109 Å². The average molecular weight is 247 g/mol. The summed E-state index contributed by atoms with van der Waals surface area (Å²) in [5, 5.41) is 0. The van der Waals surface area contributed by atoms with Gasteiger partial charge in [0.1, 0.15) is 0 Å². The summed E-state index contributed by atoms with van der Waals surface area (Å²) in [4.78, 5) is 14.1. The van der Waals surface area contributed by atoms with Gasteiger partial charge >= 0.3 is 5.97 Å². The number of hydrogen-bond acceptors (Lipinski definition) is 3. The van der Waals surface area contributed by atoms with Crippen molar-refractivity contribution in [3.63, 3.8) is 0 Å². The average Bonchev–Trinajstić information content (AvgIpc) is 2.37. The van der Waals surface area contributed by atoms with Crippen LogP contribution in [0, 0.1) is 0 Å². The number of nitrogens with zero attached hydrogens (tertiary/aromatic N) is 1. The maximum absolute atomic E-state index is 11.8. The highest BCUT2D eigenvalue weighted by atomic mass is 16.5. The number of anilines is 1. The van der Waals surface area contributed by atoms with E-state index in [-0.39, 0.29) is 5.97 Å². The normalized spacial score (nSPS) is 14.6. The number of hydrogen-bond donors (Lipinski definition) is 0. The lowest BCUT2D eigenvalue weighted by atomic mass is 9.98. The van der Waals surface area contributed by atoms with Gasteiger partial charge in [0.15, 0.2) is 0 Å². The molecule has 1 aliphatic rings. The third-order valence-corrected chi connectivity index (χ3v) is 3.37. The Hall–Kier alpha value is -1.51. The van der Waals surface area contributed by atoms with E-state index in [9.17, 15) is 4.79 Å². The van der Waals surface area contributed by atoms with Gasteiger partial charge in [-0.05, 0) is 51.3 Å². The minimum absolute atomic E-state index is 0.227. The predicted octanol–water partition coefficient (Wildman–Crippen LogP) is 3.02. The Morgan fingerprint density at radius 2 is 2.22 bits per heavy atom. The molecule has 0 unspecified atom stereocenters. The molecule has 0 spiro atoms. The molecular weight excluding hydrogens is 226 g/mol. The van der Waals surface area contributed by atoms with Crippen LogP contribution in [0.15, 0.2) is 18.2 Å². The smallest absolute Gasteiger partial charge is 0.338 e. The van der Waals surface area contributed by atoms with E-state index in [2.05, 4.69) is 24.8 Å². The minimum Gasteiger partial charge on any atom is -0.462 e. The summed E-state index contributed by atoms with van der Waals surface area (Å²) in [6.45, 7) is 7.69. The number of carbonyl (C=O) groups is 1.